The van der Waals surface area contributed by atoms with Gasteiger partial charge >= 0.3 is 0 Å². The van der Waals surface area contributed by atoms with Crippen LogP contribution < -0.4 is 0 Å². The minimum atomic E-state index is -3.95. The number of fused-ring (bicyclic) bond motifs is 1. The summed E-state index contributed by atoms with van der Waals surface area (Å²) >= 11 is 0. The van der Waals surface area contributed by atoms with Crippen molar-refractivity contribution in [3.05, 3.63) is 71.4 Å². The molecular formula is C22H24N2O4S. The van der Waals surface area contributed by atoms with E-state index in [-0.39, 0.29) is 28.5 Å². The van der Waals surface area contributed by atoms with Crippen LogP contribution in [0.5, 0.6) is 0 Å². The average Bonchev–Trinajstić information content (AvgIpc) is 2.76. The van der Waals surface area contributed by atoms with E-state index in [1.165, 1.54) is 18.6 Å². The normalized spacial score (nSPS) is 21.0. The maximum atomic E-state index is 13.4. The first kappa shape index (κ1) is 19.7. The minimum Gasteiger partial charge on any atom is -0.505 e. The summed E-state index contributed by atoms with van der Waals surface area (Å²) < 4.78 is 27.8. The van der Waals surface area contributed by atoms with Gasteiger partial charge in [0.1, 0.15) is 5.70 Å². The number of hydrogen-bond donors (Lipinski definition) is 1. The van der Waals surface area contributed by atoms with Gasteiger partial charge in [0.25, 0.3) is 10.0 Å². The first-order chi connectivity index (χ1) is 14.0. The minimum absolute atomic E-state index is 0.00624. The molecule has 2 heterocycles. The summed E-state index contributed by atoms with van der Waals surface area (Å²) in [6, 6.07) is 14.8. The van der Waals surface area contributed by atoms with Crippen molar-refractivity contribution < 1.29 is 18.3 Å². The molecule has 0 amide bonds. The van der Waals surface area contributed by atoms with Crippen molar-refractivity contribution in [3.8, 4) is 0 Å². The van der Waals surface area contributed by atoms with Gasteiger partial charge in [0.15, 0.2) is 5.76 Å². The molecule has 0 bridgehead atoms. The third-order valence-corrected chi connectivity index (χ3v) is 7.36. The number of aliphatic hydroxyl groups excluding tert-OH is 1. The Morgan fingerprint density at radius 1 is 0.897 bits per heavy atom. The van der Waals surface area contributed by atoms with E-state index in [1.807, 2.05) is 0 Å². The number of likely N-dealkylation sites (tertiary alicyclic amines) is 1. The molecule has 0 saturated carbocycles. The number of allylic oxidation sites excluding steroid dienone is 1. The van der Waals surface area contributed by atoms with Gasteiger partial charge in [-0.3, -0.25) is 9.10 Å². The van der Waals surface area contributed by atoms with Crippen LogP contribution in [-0.2, 0) is 10.0 Å². The zero-order chi connectivity index (χ0) is 20.4. The van der Waals surface area contributed by atoms with Crippen LogP contribution in [0.2, 0.25) is 0 Å². The number of carbonyl (C=O) groups excluding carboxylic acids is 1. The molecule has 2 aromatic carbocycles. The van der Waals surface area contributed by atoms with Gasteiger partial charge in [-0.2, -0.15) is 0 Å². The van der Waals surface area contributed by atoms with Crippen LogP contribution in [0.25, 0.3) is 5.76 Å². The van der Waals surface area contributed by atoms with Crippen LogP contribution in [0.4, 0.5) is 0 Å². The van der Waals surface area contributed by atoms with Crippen molar-refractivity contribution in [1.29, 1.82) is 0 Å². The lowest BCUT2D eigenvalue weighted by Gasteiger charge is -2.34. The summed E-state index contributed by atoms with van der Waals surface area (Å²) in [5.41, 5.74) is 0.333. The summed E-state index contributed by atoms with van der Waals surface area (Å²) in [5, 5.41) is 10.9. The Balaban J connectivity index is 1.80. The number of nitrogens with zero attached hydrogens (tertiary/aromatic N) is 2. The molecule has 0 spiro atoms. The largest absolute Gasteiger partial charge is 0.505 e. The molecule has 0 aliphatic carbocycles. The van der Waals surface area contributed by atoms with Crippen molar-refractivity contribution in [3.63, 3.8) is 0 Å². The molecule has 0 radical (unpaired) electrons. The molecule has 0 aromatic heterocycles. The van der Waals surface area contributed by atoms with Crippen LogP contribution in [-0.4, -0.2) is 54.7 Å². The second-order valence-corrected chi connectivity index (χ2v) is 9.20. The number of rotatable bonds is 4. The van der Waals surface area contributed by atoms with E-state index in [9.17, 15) is 18.3 Å². The lowest BCUT2D eigenvalue weighted by atomic mass is 10.0. The third kappa shape index (κ3) is 3.68. The van der Waals surface area contributed by atoms with E-state index in [0.717, 1.165) is 30.2 Å². The maximum Gasteiger partial charge on any atom is 0.265 e. The second kappa shape index (κ2) is 8.00. The summed E-state index contributed by atoms with van der Waals surface area (Å²) in [6.07, 6.45) is 3.36. The molecule has 1 N–H and O–H groups in total. The van der Waals surface area contributed by atoms with Crippen LogP contribution in [0.3, 0.4) is 0 Å². The fourth-order valence-electron chi connectivity index (χ4n) is 3.96. The molecule has 0 atom stereocenters. The van der Waals surface area contributed by atoms with Gasteiger partial charge in [-0.25, -0.2) is 8.42 Å². The molecule has 2 aliphatic rings. The van der Waals surface area contributed by atoms with E-state index < -0.39 is 15.8 Å². The van der Waals surface area contributed by atoms with E-state index in [4.69, 9.17) is 0 Å². The number of sulfonamides is 1. The summed E-state index contributed by atoms with van der Waals surface area (Å²) in [5.74, 6) is -0.789. The van der Waals surface area contributed by atoms with Crippen molar-refractivity contribution in [2.24, 2.45) is 0 Å². The number of benzene rings is 2. The Kier molecular flexibility index (Phi) is 5.43. The molecular weight excluding hydrogens is 388 g/mol. The standard InChI is InChI=1S/C22H24N2O4S/c25-21(17-9-3-1-4-10-17)20-22(26)18-11-5-6-12-19(18)29(27,28)24(20)16-15-23-13-7-2-8-14-23/h1,3-6,9-12,25H,2,7-8,13-16H2/b21-20+. The zero-order valence-corrected chi connectivity index (χ0v) is 16.9. The smallest absolute Gasteiger partial charge is 0.265 e. The van der Waals surface area contributed by atoms with Crippen LogP contribution in [0.1, 0.15) is 35.2 Å². The highest BCUT2D eigenvalue weighted by Crippen LogP contribution is 2.35. The highest BCUT2D eigenvalue weighted by molar-refractivity contribution is 7.89. The Labute approximate surface area is 171 Å². The van der Waals surface area contributed by atoms with E-state index in [0.29, 0.717) is 12.1 Å². The first-order valence-corrected chi connectivity index (χ1v) is 11.3. The monoisotopic (exact) mass is 412 g/mol. The Morgan fingerprint density at radius 2 is 1.55 bits per heavy atom. The zero-order valence-electron chi connectivity index (χ0n) is 16.1. The first-order valence-electron chi connectivity index (χ1n) is 9.87. The van der Waals surface area contributed by atoms with Crippen LogP contribution >= 0.6 is 0 Å². The van der Waals surface area contributed by atoms with Gasteiger partial charge in [0.05, 0.1) is 4.90 Å². The molecule has 0 unspecified atom stereocenters. The van der Waals surface area contributed by atoms with Crippen LogP contribution in [0.15, 0.2) is 65.2 Å². The Morgan fingerprint density at radius 3 is 2.28 bits per heavy atom. The molecule has 1 saturated heterocycles. The van der Waals surface area contributed by atoms with Gasteiger partial charge in [0.2, 0.25) is 5.78 Å². The van der Waals surface area contributed by atoms with Gasteiger partial charge in [-0.05, 0) is 38.1 Å². The topological polar surface area (TPSA) is 77.9 Å². The maximum absolute atomic E-state index is 13.4. The van der Waals surface area contributed by atoms with Crippen molar-refractivity contribution in [2.45, 2.75) is 24.2 Å². The number of ketones is 1. The molecule has 1 fully saturated rings. The molecule has 152 valence electrons. The van der Waals surface area contributed by atoms with E-state index >= 15 is 0 Å². The number of Topliss-reactive ketones (excluding diaryl/α,β-unsaturated/α-hetero) is 1. The van der Waals surface area contributed by atoms with E-state index in [2.05, 4.69) is 4.90 Å². The van der Waals surface area contributed by atoms with Crippen molar-refractivity contribution in [1.82, 2.24) is 9.21 Å². The highest BCUT2D eigenvalue weighted by Gasteiger charge is 2.41. The predicted octanol–water partition coefficient (Wildman–Crippen LogP) is 3.29. The molecule has 7 heteroatoms. The lowest BCUT2D eigenvalue weighted by Crippen LogP contribution is -2.44. The third-order valence-electron chi connectivity index (χ3n) is 5.50. The van der Waals surface area contributed by atoms with Gasteiger partial charge in [-0.1, -0.05) is 48.9 Å². The SMILES string of the molecule is O=C1/C(=C(\O)c2ccccc2)N(CCN2CCCCC2)S(=O)(=O)c2ccccc21. The summed E-state index contributed by atoms with van der Waals surface area (Å²) in [7, 11) is -3.95. The second-order valence-electron chi connectivity index (χ2n) is 7.37. The fraction of sp³-hybridized carbons (Fsp3) is 0.318. The number of hydrogen-bond acceptors (Lipinski definition) is 5. The van der Waals surface area contributed by atoms with E-state index in [1.54, 1.807) is 42.5 Å². The molecule has 2 aromatic rings. The molecule has 6 nitrogen and oxygen atoms in total. The summed E-state index contributed by atoms with van der Waals surface area (Å²) in [4.78, 5) is 15.4. The highest BCUT2D eigenvalue weighted by atomic mass is 32.2. The number of aliphatic hydroxyl groups is 1. The summed E-state index contributed by atoms with van der Waals surface area (Å²) in [6.45, 7) is 2.47. The molecule has 29 heavy (non-hydrogen) atoms. The van der Waals surface area contributed by atoms with Crippen molar-refractivity contribution in [2.75, 3.05) is 26.2 Å². The van der Waals surface area contributed by atoms with Gasteiger partial charge in [0, 0.05) is 24.2 Å². The fourth-order valence-corrected chi connectivity index (χ4v) is 5.62. The van der Waals surface area contributed by atoms with Crippen LogP contribution in [0, 0.1) is 0 Å². The van der Waals surface area contributed by atoms with Crippen molar-refractivity contribution >= 4 is 21.6 Å². The average molecular weight is 413 g/mol. The Bertz CT molecular complexity index is 1040. The molecule has 2 aliphatic heterocycles. The molecule has 4 rings (SSSR count). The number of carbonyl (C=O) groups is 1. The predicted molar refractivity (Wildman–Crippen MR) is 111 cm³/mol. The number of piperidine rings is 1. The van der Waals surface area contributed by atoms with Gasteiger partial charge in [-0.15, -0.1) is 0 Å². The Hall–Kier alpha value is -2.64. The quantitative estimate of drug-likeness (QED) is 0.616. The van der Waals surface area contributed by atoms with Gasteiger partial charge < -0.3 is 10.0 Å². The lowest BCUT2D eigenvalue weighted by molar-refractivity contribution is 0.0995.